The van der Waals surface area contributed by atoms with E-state index in [1.165, 1.54) is 0 Å². The molecule has 1 N–H and O–H groups in total. The molecule has 1 aromatic rings. The molecule has 1 aromatic carbocycles. The van der Waals surface area contributed by atoms with E-state index >= 15 is 0 Å². The van der Waals surface area contributed by atoms with Gasteiger partial charge < -0.3 is 5.32 Å². The van der Waals surface area contributed by atoms with Gasteiger partial charge in [-0.3, -0.25) is 0 Å². The molecule has 90 valence electrons. The van der Waals surface area contributed by atoms with Gasteiger partial charge in [-0.05, 0) is 49.5 Å². The van der Waals surface area contributed by atoms with Crippen molar-refractivity contribution in [3.05, 3.63) is 33.8 Å². The predicted octanol–water partition coefficient (Wildman–Crippen LogP) is 3.60. The Balaban J connectivity index is 2.22. The lowest BCUT2D eigenvalue weighted by molar-refractivity contribution is 0.351. The van der Waals surface area contributed by atoms with E-state index in [1.807, 2.05) is 12.1 Å². The SMILES string of the molecule is N#CC(c1ccc(Cl)c(Cl)c1)C1CCNCC1. The number of nitrogens with zero attached hydrogens (tertiary/aromatic N) is 1. The van der Waals surface area contributed by atoms with E-state index in [2.05, 4.69) is 11.4 Å². The molecule has 0 radical (unpaired) electrons. The summed E-state index contributed by atoms with van der Waals surface area (Å²) in [6.45, 7) is 1.98. The van der Waals surface area contributed by atoms with Crippen LogP contribution >= 0.6 is 23.2 Å². The zero-order valence-corrected chi connectivity index (χ0v) is 10.9. The molecule has 17 heavy (non-hydrogen) atoms. The third kappa shape index (κ3) is 2.93. The number of hydrogen-bond acceptors (Lipinski definition) is 2. The highest BCUT2D eigenvalue weighted by atomic mass is 35.5. The molecule has 1 aliphatic heterocycles. The highest BCUT2D eigenvalue weighted by Crippen LogP contribution is 2.33. The maximum Gasteiger partial charge on any atom is 0.0742 e. The van der Waals surface area contributed by atoms with E-state index < -0.39 is 0 Å². The van der Waals surface area contributed by atoms with Gasteiger partial charge in [0.05, 0.1) is 22.0 Å². The smallest absolute Gasteiger partial charge is 0.0742 e. The van der Waals surface area contributed by atoms with Crippen molar-refractivity contribution in [1.29, 1.82) is 5.26 Å². The summed E-state index contributed by atoms with van der Waals surface area (Å²) in [5.41, 5.74) is 0.980. The Morgan fingerprint density at radius 2 is 1.94 bits per heavy atom. The highest BCUT2D eigenvalue weighted by Gasteiger charge is 2.25. The van der Waals surface area contributed by atoms with Gasteiger partial charge in [-0.2, -0.15) is 5.26 Å². The standard InChI is InChI=1S/C13H14Cl2N2/c14-12-2-1-10(7-13(12)15)11(8-16)9-3-5-17-6-4-9/h1-2,7,9,11,17H,3-6H2. The van der Waals surface area contributed by atoms with Gasteiger partial charge in [0.2, 0.25) is 0 Å². The van der Waals surface area contributed by atoms with Gasteiger partial charge in [-0.25, -0.2) is 0 Å². The average Bonchev–Trinajstić information content (AvgIpc) is 2.36. The molecule has 0 spiro atoms. The van der Waals surface area contributed by atoms with Crippen LogP contribution in [0.2, 0.25) is 10.0 Å². The van der Waals surface area contributed by atoms with E-state index in [-0.39, 0.29) is 5.92 Å². The third-order valence-electron chi connectivity index (χ3n) is 3.30. The number of piperidine rings is 1. The van der Waals surface area contributed by atoms with Crippen LogP contribution in [0.3, 0.4) is 0 Å². The van der Waals surface area contributed by atoms with Crippen molar-refractivity contribution >= 4 is 23.2 Å². The molecule has 1 unspecified atom stereocenters. The highest BCUT2D eigenvalue weighted by molar-refractivity contribution is 6.42. The fourth-order valence-electron chi connectivity index (χ4n) is 2.34. The van der Waals surface area contributed by atoms with Crippen LogP contribution in [0, 0.1) is 17.2 Å². The van der Waals surface area contributed by atoms with Crippen LogP contribution in [0.1, 0.15) is 24.3 Å². The van der Waals surface area contributed by atoms with Crippen molar-refractivity contribution < 1.29 is 0 Å². The predicted molar refractivity (Wildman–Crippen MR) is 70.4 cm³/mol. The summed E-state index contributed by atoms with van der Waals surface area (Å²) in [4.78, 5) is 0. The zero-order valence-electron chi connectivity index (χ0n) is 9.42. The number of nitrogens with one attached hydrogen (secondary N) is 1. The molecule has 2 nitrogen and oxygen atoms in total. The van der Waals surface area contributed by atoms with Crippen molar-refractivity contribution in [2.45, 2.75) is 18.8 Å². The molecule has 1 atom stereocenters. The molecule has 1 heterocycles. The maximum absolute atomic E-state index is 9.35. The van der Waals surface area contributed by atoms with Gasteiger partial charge in [0, 0.05) is 0 Å². The van der Waals surface area contributed by atoms with Crippen LogP contribution in [0.5, 0.6) is 0 Å². The summed E-state index contributed by atoms with van der Waals surface area (Å²) in [5.74, 6) is 0.338. The first-order valence-corrected chi connectivity index (χ1v) is 6.53. The van der Waals surface area contributed by atoms with E-state index in [0.29, 0.717) is 16.0 Å². The number of halogens is 2. The molecule has 2 rings (SSSR count). The molecule has 0 aliphatic carbocycles. The number of rotatable bonds is 2. The van der Waals surface area contributed by atoms with Gasteiger partial charge in [0.15, 0.2) is 0 Å². The summed E-state index contributed by atoms with van der Waals surface area (Å²) in [6, 6.07) is 7.90. The molecule has 1 aliphatic rings. The second kappa shape index (κ2) is 5.73. The van der Waals surface area contributed by atoms with E-state index in [0.717, 1.165) is 31.5 Å². The second-order valence-corrected chi connectivity index (χ2v) is 5.18. The Hall–Kier alpha value is -0.750. The van der Waals surface area contributed by atoms with Crippen molar-refractivity contribution in [3.8, 4) is 6.07 Å². The minimum Gasteiger partial charge on any atom is -0.317 e. The van der Waals surface area contributed by atoms with Crippen molar-refractivity contribution in [3.63, 3.8) is 0 Å². The van der Waals surface area contributed by atoms with Crippen LogP contribution in [0.15, 0.2) is 18.2 Å². The zero-order chi connectivity index (χ0) is 12.3. The molecule has 0 aromatic heterocycles. The molecular weight excluding hydrogens is 255 g/mol. The lowest BCUT2D eigenvalue weighted by Crippen LogP contribution is -2.30. The van der Waals surface area contributed by atoms with E-state index in [4.69, 9.17) is 23.2 Å². The normalized spacial score (nSPS) is 18.6. The largest absolute Gasteiger partial charge is 0.317 e. The number of benzene rings is 1. The summed E-state index contributed by atoms with van der Waals surface area (Å²) >= 11 is 11.9. The first kappa shape index (κ1) is 12.7. The first-order chi connectivity index (χ1) is 8.22. The maximum atomic E-state index is 9.35. The van der Waals surface area contributed by atoms with Gasteiger partial charge in [0.25, 0.3) is 0 Å². The Morgan fingerprint density at radius 1 is 1.24 bits per heavy atom. The molecule has 4 heteroatoms. The summed E-state index contributed by atoms with van der Waals surface area (Å²) < 4.78 is 0. The van der Waals surface area contributed by atoms with Gasteiger partial charge in [-0.1, -0.05) is 29.3 Å². The quantitative estimate of drug-likeness (QED) is 0.890. The van der Waals surface area contributed by atoms with Crippen LogP contribution in [-0.4, -0.2) is 13.1 Å². The van der Waals surface area contributed by atoms with Crippen molar-refractivity contribution in [2.75, 3.05) is 13.1 Å². The van der Waals surface area contributed by atoms with Gasteiger partial charge in [0.1, 0.15) is 0 Å². The Bertz CT molecular complexity index is 434. The molecular formula is C13H14Cl2N2. The minimum atomic E-state index is -0.0770. The Kier molecular flexibility index (Phi) is 4.28. The summed E-state index contributed by atoms with van der Waals surface area (Å²) in [5, 5.41) is 13.7. The lowest BCUT2D eigenvalue weighted by atomic mass is 9.81. The van der Waals surface area contributed by atoms with Crippen molar-refractivity contribution in [2.24, 2.45) is 5.92 Å². The summed E-state index contributed by atoms with van der Waals surface area (Å²) in [6.07, 6.45) is 2.08. The first-order valence-electron chi connectivity index (χ1n) is 5.77. The Morgan fingerprint density at radius 3 is 2.53 bits per heavy atom. The monoisotopic (exact) mass is 268 g/mol. The van der Waals surface area contributed by atoms with E-state index in [9.17, 15) is 5.26 Å². The molecule has 1 fully saturated rings. The fraction of sp³-hybridized carbons (Fsp3) is 0.462. The average molecular weight is 269 g/mol. The van der Waals surface area contributed by atoms with E-state index in [1.54, 1.807) is 6.07 Å². The summed E-state index contributed by atoms with van der Waals surface area (Å²) in [7, 11) is 0. The third-order valence-corrected chi connectivity index (χ3v) is 4.04. The fourth-order valence-corrected chi connectivity index (χ4v) is 2.64. The molecule has 0 saturated carbocycles. The Labute approximate surface area is 112 Å². The van der Waals surface area contributed by atoms with Crippen molar-refractivity contribution in [1.82, 2.24) is 5.32 Å². The topological polar surface area (TPSA) is 35.8 Å². The van der Waals surface area contributed by atoms with Crippen LogP contribution < -0.4 is 5.32 Å². The molecule has 0 amide bonds. The second-order valence-electron chi connectivity index (χ2n) is 4.37. The molecule has 0 bridgehead atoms. The number of hydrogen-bond donors (Lipinski definition) is 1. The lowest BCUT2D eigenvalue weighted by Gasteiger charge is -2.26. The van der Waals surface area contributed by atoms with Crippen LogP contribution in [0.25, 0.3) is 0 Å². The van der Waals surface area contributed by atoms with Crippen LogP contribution in [-0.2, 0) is 0 Å². The minimum absolute atomic E-state index is 0.0770. The van der Waals surface area contributed by atoms with Crippen LogP contribution in [0.4, 0.5) is 0 Å². The molecule has 1 saturated heterocycles. The number of nitriles is 1. The van der Waals surface area contributed by atoms with Gasteiger partial charge in [-0.15, -0.1) is 0 Å². The van der Waals surface area contributed by atoms with Gasteiger partial charge >= 0.3 is 0 Å².